The van der Waals surface area contributed by atoms with E-state index in [0.29, 0.717) is 41.3 Å². The number of Topliss-reactive ketones (excluding diaryl/α,β-unsaturated/α-hetero) is 2. The summed E-state index contributed by atoms with van der Waals surface area (Å²) in [5, 5.41) is 10.4. The third kappa shape index (κ3) is 3.59. The molecule has 8 aliphatic carbocycles. The molecule has 0 amide bonds. The Morgan fingerprint density at radius 3 is 1.69 bits per heavy atom. The van der Waals surface area contributed by atoms with Gasteiger partial charge in [0.15, 0.2) is 5.78 Å². The van der Waals surface area contributed by atoms with Crippen molar-refractivity contribution in [3.63, 3.8) is 0 Å². The van der Waals surface area contributed by atoms with Crippen molar-refractivity contribution in [2.45, 2.75) is 83.5 Å². The summed E-state index contributed by atoms with van der Waals surface area (Å²) in [7, 11) is 0. The van der Waals surface area contributed by atoms with Crippen LogP contribution in [-0.4, -0.2) is 22.6 Å². The maximum absolute atomic E-state index is 13.4. The Labute approximate surface area is 207 Å². The molecular weight excluding hydrogens is 440 g/mol. The molecule has 0 saturated heterocycles. The number of phenols is 1. The average molecular weight is 477 g/mol. The van der Waals surface area contributed by atoms with Crippen LogP contribution < -0.4 is 4.74 Å². The van der Waals surface area contributed by atoms with Gasteiger partial charge in [0, 0.05) is 5.41 Å². The lowest BCUT2D eigenvalue weighted by Gasteiger charge is -2.56. The van der Waals surface area contributed by atoms with Gasteiger partial charge in [0.25, 0.3) is 0 Å². The summed E-state index contributed by atoms with van der Waals surface area (Å²) in [6.07, 6.45) is 12.9. The first-order valence-electron chi connectivity index (χ1n) is 13.9. The van der Waals surface area contributed by atoms with Crippen LogP contribution in [-0.2, 0) is 9.59 Å². The fraction of sp³-hybridized carbons (Fsp3) is 0.700. The van der Waals surface area contributed by atoms with Crippen molar-refractivity contribution in [1.29, 1.82) is 0 Å². The van der Waals surface area contributed by atoms with Crippen LogP contribution in [0.1, 0.15) is 93.8 Å². The van der Waals surface area contributed by atoms with Crippen LogP contribution in [0.2, 0.25) is 0 Å². The minimum Gasteiger partial charge on any atom is -0.507 e. The normalized spacial score (nSPS) is 42.3. The van der Waals surface area contributed by atoms with Crippen molar-refractivity contribution in [3.8, 4) is 11.5 Å². The molecule has 0 heterocycles. The van der Waals surface area contributed by atoms with Crippen LogP contribution in [0.3, 0.4) is 0 Å². The van der Waals surface area contributed by atoms with E-state index in [4.69, 9.17) is 4.74 Å². The van der Waals surface area contributed by atoms with E-state index in [1.54, 1.807) is 6.07 Å². The third-order valence-electron chi connectivity index (χ3n) is 10.9. The van der Waals surface area contributed by atoms with Crippen LogP contribution >= 0.6 is 0 Å². The number of carbonyl (C=O) groups is 3. The minimum absolute atomic E-state index is 0.0527. The summed E-state index contributed by atoms with van der Waals surface area (Å²) >= 11 is 0. The zero-order valence-electron chi connectivity index (χ0n) is 20.5. The summed E-state index contributed by atoms with van der Waals surface area (Å²) in [4.78, 5) is 40.0. The van der Waals surface area contributed by atoms with E-state index in [9.17, 15) is 19.5 Å². The molecule has 0 unspecified atom stereocenters. The van der Waals surface area contributed by atoms with Crippen molar-refractivity contribution in [2.24, 2.45) is 46.3 Å². The summed E-state index contributed by atoms with van der Waals surface area (Å²) < 4.78 is 5.86. The van der Waals surface area contributed by atoms with Gasteiger partial charge in [-0.05, 0) is 131 Å². The standard InChI is InChI=1S/C30H36O5/c31-25-2-1-23(35-28(34)30-14-20-6-21(15-30)8-22(7-20)16-30)9-24(25)26(32)10-27(33)29-11-17-3-18(12-29)5-19(4-17)13-29/h1-2,9,17-22,31H,3-8,10-16H2. The van der Waals surface area contributed by atoms with E-state index < -0.39 is 0 Å². The molecule has 186 valence electrons. The van der Waals surface area contributed by atoms with E-state index in [1.165, 1.54) is 50.7 Å². The number of aromatic hydroxyl groups is 1. The van der Waals surface area contributed by atoms with Crippen molar-refractivity contribution in [2.75, 3.05) is 0 Å². The second kappa shape index (κ2) is 7.66. The van der Waals surface area contributed by atoms with Gasteiger partial charge in [0.1, 0.15) is 17.3 Å². The van der Waals surface area contributed by atoms with Crippen LogP contribution in [0, 0.1) is 46.3 Å². The number of esters is 1. The Balaban J connectivity index is 1.07. The molecule has 8 fully saturated rings. The van der Waals surface area contributed by atoms with Gasteiger partial charge in [-0.3, -0.25) is 14.4 Å². The zero-order chi connectivity index (χ0) is 23.9. The molecule has 35 heavy (non-hydrogen) atoms. The lowest BCUT2D eigenvalue weighted by molar-refractivity contribution is -0.161. The molecule has 0 aromatic heterocycles. The predicted octanol–water partition coefficient (Wildman–Crippen LogP) is 5.87. The molecule has 8 bridgehead atoms. The van der Waals surface area contributed by atoms with Gasteiger partial charge in [0.2, 0.25) is 0 Å². The highest BCUT2D eigenvalue weighted by Crippen LogP contribution is 2.61. The molecule has 8 saturated carbocycles. The van der Waals surface area contributed by atoms with Crippen LogP contribution in [0.5, 0.6) is 11.5 Å². The molecule has 0 spiro atoms. The maximum atomic E-state index is 13.4. The number of rotatable bonds is 6. The lowest BCUT2D eigenvalue weighted by Crippen LogP contribution is -2.51. The highest BCUT2D eigenvalue weighted by atomic mass is 16.5. The number of hydrogen-bond acceptors (Lipinski definition) is 5. The lowest BCUT2D eigenvalue weighted by atomic mass is 9.48. The van der Waals surface area contributed by atoms with Gasteiger partial charge < -0.3 is 9.84 Å². The molecule has 5 heteroatoms. The third-order valence-corrected chi connectivity index (χ3v) is 10.9. The summed E-state index contributed by atoms with van der Waals surface area (Å²) in [5.41, 5.74) is -0.618. The molecule has 9 rings (SSSR count). The number of hydrogen-bond donors (Lipinski definition) is 1. The molecule has 5 nitrogen and oxygen atoms in total. The highest BCUT2D eigenvalue weighted by Gasteiger charge is 2.56. The molecule has 0 atom stereocenters. The highest BCUT2D eigenvalue weighted by molar-refractivity contribution is 6.11. The quantitative estimate of drug-likeness (QED) is 0.240. The second-order valence-corrected chi connectivity index (χ2v) is 13.5. The summed E-state index contributed by atoms with van der Waals surface area (Å²) in [6.45, 7) is 0. The second-order valence-electron chi connectivity index (χ2n) is 13.5. The number of ether oxygens (including phenoxy) is 1. The van der Waals surface area contributed by atoms with Crippen LogP contribution in [0.4, 0.5) is 0 Å². The zero-order valence-corrected chi connectivity index (χ0v) is 20.5. The minimum atomic E-state index is -0.384. The molecular formula is C30H36O5. The summed E-state index contributed by atoms with van der Waals surface area (Å²) in [6, 6.07) is 4.46. The topological polar surface area (TPSA) is 80.7 Å². The number of carbonyl (C=O) groups excluding carboxylic acids is 3. The Kier molecular flexibility index (Phi) is 4.83. The smallest absolute Gasteiger partial charge is 0.317 e. The number of benzene rings is 1. The Bertz CT molecular complexity index is 1030. The van der Waals surface area contributed by atoms with E-state index in [2.05, 4.69) is 0 Å². The fourth-order valence-corrected chi connectivity index (χ4v) is 10.3. The Morgan fingerprint density at radius 1 is 0.743 bits per heavy atom. The van der Waals surface area contributed by atoms with E-state index >= 15 is 0 Å². The summed E-state index contributed by atoms with van der Waals surface area (Å²) in [5.74, 6) is 3.50. The van der Waals surface area contributed by atoms with Gasteiger partial charge in [-0.2, -0.15) is 0 Å². The largest absolute Gasteiger partial charge is 0.507 e. The number of ketones is 2. The fourth-order valence-electron chi connectivity index (χ4n) is 10.3. The SMILES string of the molecule is O=C(CC(=O)C12CC3CC(CC(C3)C1)C2)c1cc(OC(=O)C23CC4CC(CC(C4)C2)C3)ccc1O. The van der Waals surface area contributed by atoms with Gasteiger partial charge >= 0.3 is 5.97 Å². The first-order valence-corrected chi connectivity index (χ1v) is 13.9. The average Bonchev–Trinajstić information content (AvgIpc) is 2.78. The molecule has 1 aromatic rings. The van der Waals surface area contributed by atoms with Crippen LogP contribution in [0.15, 0.2) is 18.2 Å². The van der Waals surface area contributed by atoms with Gasteiger partial charge in [-0.25, -0.2) is 0 Å². The molecule has 0 radical (unpaired) electrons. The van der Waals surface area contributed by atoms with E-state index in [0.717, 1.165) is 38.5 Å². The molecule has 0 aliphatic heterocycles. The molecule has 1 N–H and O–H groups in total. The van der Waals surface area contributed by atoms with E-state index in [1.807, 2.05) is 0 Å². The van der Waals surface area contributed by atoms with Gasteiger partial charge in [-0.1, -0.05) is 0 Å². The van der Waals surface area contributed by atoms with Crippen molar-refractivity contribution in [3.05, 3.63) is 23.8 Å². The first kappa shape index (κ1) is 22.1. The number of phenolic OH excluding ortho intramolecular Hbond substituents is 1. The van der Waals surface area contributed by atoms with Crippen molar-refractivity contribution in [1.82, 2.24) is 0 Å². The first-order chi connectivity index (χ1) is 16.8. The monoisotopic (exact) mass is 476 g/mol. The molecule has 8 aliphatic rings. The van der Waals surface area contributed by atoms with Gasteiger partial charge in [-0.15, -0.1) is 0 Å². The van der Waals surface area contributed by atoms with Gasteiger partial charge in [0.05, 0.1) is 17.4 Å². The van der Waals surface area contributed by atoms with Crippen LogP contribution in [0.25, 0.3) is 0 Å². The van der Waals surface area contributed by atoms with Crippen molar-refractivity contribution < 1.29 is 24.2 Å². The molecule has 1 aromatic carbocycles. The Hall–Kier alpha value is -2.17. The maximum Gasteiger partial charge on any atom is 0.317 e. The predicted molar refractivity (Wildman–Crippen MR) is 129 cm³/mol. The Morgan fingerprint density at radius 2 is 1.20 bits per heavy atom. The van der Waals surface area contributed by atoms with Crippen molar-refractivity contribution >= 4 is 17.5 Å². The van der Waals surface area contributed by atoms with E-state index in [-0.39, 0.29) is 46.1 Å².